The Morgan fingerprint density at radius 1 is 0.250 bits per heavy atom. The second-order valence-corrected chi connectivity index (χ2v) is 17.5. The monoisotopic (exact) mass is 754 g/mol. The summed E-state index contributed by atoms with van der Waals surface area (Å²) in [5, 5.41) is 10.6. The van der Waals surface area contributed by atoms with E-state index in [-0.39, 0.29) is 13.4 Å². The number of hydrogen-bond donors (Lipinski definition) is 0. The summed E-state index contributed by atoms with van der Waals surface area (Å²) in [4.78, 5) is 0. The molecule has 4 aliphatic rings. The van der Waals surface area contributed by atoms with Crippen LogP contribution >= 0.6 is 0 Å². The van der Waals surface area contributed by atoms with Gasteiger partial charge in [-0.15, -0.1) is 0 Å². The van der Waals surface area contributed by atoms with E-state index in [9.17, 15) is 0 Å². The standard InChI is InChI=1S/C54H28B2N4/c1-7-19-41-29(13-1)33-25-35-31-15-3-9-21-43(31)59-47-28-48-40(27-39(47)55-37-17-5-11-23-45(37)57(41)51(33)49(55)53(35)59)56-38-18-6-12-24-46(38)58-42-20-8-2-14-30(42)34-26-36-32-16-4-10-22-44(32)60(48)54(36)50(56)52(34)58/h1-28H. The van der Waals surface area contributed by atoms with Gasteiger partial charge < -0.3 is 18.3 Å². The quantitative estimate of drug-likeness (QED) is 0.139. The van der Waals surface area contributed by atoms with Gasteiger partial charge in [0, 0.05) is 65.8 Å². The van der Waals surface area contributed by atoms with E-state index in [0.29, 0.717) is 0 Å². The second-order valence-electron chi connectivity index (χ2n) is 17.5. The highest BCUT2D eigenvalue weighted by atomic mass is 15.1. The van der Waals surface area contributed by atoms with E-state index < -0.39 is 0 Å². The molecular formula is C54H28B2N4. The van der Waals surface area contributed by atoms with Crippen LogP contribution in [0.3, 0.4) is 0 Å². The topological polar surface area (TPSA) is 19.7 Å². The molecule has 4 aromatic heterocycles. The zero-order chi connectivity index (χ0) is 38.3. The van der Waals surface area contributed by atoms with Crippen molar-refractivity contribution < 1.29 is 0 Å². The molecule has 0 saturated carbocycles. The Bertz CT molecular complexity index is 4000. The van der Waals surface area contributed by atoms with E-state index in [1.165, 1.54) is 143 Å². The highest BCUT2D eigenvalue weighted by Crippen LogP contribution is 2.45. The second kappa shape index (κ2) is 9.60. The summed E-state index contributed by atoms with van der Waals surface area (Å²) in [6, 6.07) is 65.0. The average molecular weight is 754 g/mol. The molecule has 0 radical (unpaired) electrons. The lowest BCUT2D eigenvalue weighted by Gasteiger charge is -2.37. The molecule has 13 aromatic rings. The summed E-state index contributed by atoms with van der Waals surface area (Å²) >= 11 is 0. The molecule has 60 heavy (non-hydrogen) atoms. The molecule has 0 aliphatic carbocycles. The Labute approximate surface area is 342 Å². The average Bonchev–Trinajstić information content (AvgIpc) is 4.04. The fourth-order valence-electron chi connectivity index (χ4n) is 13.1. The third-order valence-corrected chi connectivity index (χ3v) is 15.1. The van der Waals surface area contributed by atoms with Gasteiger partial charge in [0.05, 0.1) is 44.1 Å². The normalized spacial score (nSPS) is 13.9. The molecule has 4 nitrogen and oxygen atoms in total. The summed E-state index contributed by atoms with van der Waals surface area (Å²) < 4.78 is 10.4. The van der Waals surface area contributed by atoms with Crippen LogP contribution in [-0.4, -0.2) is 31.7 Å². The molecule has 4 aliphatic heterocycles. The van der Waals surface area contributed by atoms with E-state index in [1.807, 2.05) is 0 Å². The molecule has 0 fully saturated rings. The van der Waals surface area contributed by atoms with Crippen LogP contribution in [0.2, 0.25) is 0 Å². The van der Waals surface area contributed by atoms with Crippen LogP contribution in [0.4, 0.5) is 0 Å². The summed E-state index contributed by atoms with van der Waals surface area (Å²) in [5.41, 5.74) is 23.9. The first-order valence-corrected chi connectivity index (χ1v) is 21.2. The number of rotatable bonds is 0. The Hall–Kier alpha value is -7.69. The van der Waals surface area contributed by atoms with Gasteiger partial charge in [0.15, 0.2) is 0 Å². The van der Waals surface area contributed by atoms with Crippen molar-refractivity contribution in [1.29, 1.82) is 0 Å². The predicted molar refractivity (Wildman–Crippen MR) is 253 cm³/mol. The number of para-hydroxylation sites is 6. The zero-order valence-corrected chi connectivity index (χ0v) is 32.1. The Morgan fingerprint density at radius 2 is 0.567 bits per heavy atom. The van der Waals surface area contributed by atoms with E-state index in [4.69, 9.17) is 0 Å². The maximum atomic E-state index is 2.66. The smallest absolute Gasteiger partial charge is 0.252 e. The molecule has 6 heteroatoms. The minimum atomic E-state index is 0.0604. The van der Waals surface area contributed by atoms with Crippen molar-refractivity contribution in [3.8, 4) is 22.7 Å². The van der Waals surface area contributed by atoms with E-state index in [1.54, 1.807) is 0 Å². The van der Waals surface area contributed by atoms with Gasteiger partial charge in [0.2, 0.25) is 0 Å². The first-order chi connectivity index (χ1) is 29.8. The molecular weight excluding hydrogens is 726 g/mol. The Kier molecular flexibility index (Phi) is 4.72. The van der Waals surface area contributed by atoms with Gasteiger partial charge in [-0.1, -0.05) is 115 Å². The highest BCUT2D eigenvalue weighted by Gasteiger charge is 2.45. The molecule has 0 saturated heterocycles. The van der Waals surface area contributed by atoms with E-state index in [2.05, 4.69) is 188 Å². The molecule has 9 aromatic carbocycles. The lowest BCUT2D eigenvalue weighted by molar-refractivity contribution is 1.14. The molecule has 0 amide bonds. The zero-order valence-electron chi connectivity index (χ0n) is 32.1. The van der Waals surface area contributed by atoms with Gasteiger partial charge in [-0.25, -0.2) is 0 Å². The van der Waals surface area contributed by atoms with Crippen molar-refractivity contribution in [2.75, 3.05) is 0 Å². The summed E-state index contributed by atoms with van der Waals surface area (Å²) in [6.45, 7) is 0.121. The number of nitrogens with zero attached hydrogens (tertiary/aromatic N) is 4. The third kappa shape index (κ3) is 2.99. The molecule has 8 heterocycles. The molecule has 270 valence electrons. The van der Waals surface area contributed by atoms with Crippen LogP contribution in [0.25, 0.3) is 110 Å². The van der Waals surface area contributed by atoms with Crippen LogP contribution in [-0.2, 0) is 0 Å². The van der Waals surface area contributed by atoms with Crippen molar-refractivity contribution in [3.63, 3.8) is 0 Å². The lowest BCUT2D eigenvalue weighted by Crippen LogP contribution is -2.63. The van der Waals surface area contributed by atoms with Crippen molar-refractivity contribution in [1.82, 2.24) is 18.3 Å². The van der Waals surface area contributed by atoms with Crippen molar-refractivity contribution in [3.05, 3.63) is 170 Å². The van der Waals surface area contributed by atoms with Gasteiger partial charge >= 0.3 is 0 Å². The maximum Gasteiger partial charge on any atom is 0.252 e. The van der Waals surface area contributed by atoms with Gasteiger partial charge in [0.1, 0.15) is 0 Å². The van der Waals surface area contributed by atoms with Crippen LogP contribution in [0.1, 0.15) is 0 Å². The highest BCUT2D eigenvalue weighted by molar-refractivity contribution is 7.03. The number of fused-ring (bicyclic) bond motifs is 24. The van der Waals surface area contributed by atoms with Crippen LogP contribution < -0.4 is 32.8 Å². The van der Waals surface area contributed by atoms with Crippen molar-refractivity contribution in [2.45, 2.75) is 0 Å². The van der Waals surface area contributed by atoms with Crippen LogP contribution in [0.5, 0.6) is 0 Å². The maximum absolute atomic E-state index is 2.66. The molecule has 0 bridgehead atoms. The van der Waals surface area contributed by atoms with Gasteiger partial charge in [-0.3, -0.25) is 0 Å². The molecule has 0 unspecified atom stereocenters. The minimum Gasteiger partial charge on any atom is -0.310 e. The number of hydrogen-bond acceptors (Lipinski definition) is 0. The predicted octanol–water partition coefficient (Wildman–Crippen LogP) is 8.36. The number of benzene rings is 9. The molecule has 0 spiro atoms. The summed E-state index contributed by atoms with van der Waals surface area (Å²) in [7, 11) is 0. The van der Waals surface area contributed by atoms with Crippen LogP contribution in [0, 0.1) is 0 Å². The summed E-state index contributed by atoms with van der Waals surface area (Å²) in [5.74, 6) is 0. The van der Waals surface area contributed by atoms with E-state index in [0.717, 1.165) is 0 Å². The lowest BCUT2D eigenvalue weighted by atomic mass is 9.31. The third-order valence-electron chi connectivity index (χ3n) is 15.1. The van der Waals surface area contributed by atoms with Gasteiger partial charge in [-0.2, -0.15) is 0 Å². The molecule has 0 N–H and O–H groups in total. The largest absolute Gasteiger partial charge is 0.310 e. The van der Waals surface area contributed by atoms with Crippen LogP contribution in [0.15, 0.2) is 170 Å². The Balaban J connectivity index is 1.12. The van der Waals surface area contributed by atoms with E-state index >= 15 is 0 Å². The summed E-state index contributed by atoms with van der Waals surface area (Å²) in [6.07, 6.45) is 0. The minimum absolute atomic E-state index is 0.0604. The van der Waals surface area contributed by atoms with Crippen molar-refractivity contribution in [2.24, 2.45) is 0 Å². The first kappa shape index (κ1) is 29.5. The fourth-order valence-corrected chi connectivity index (χ4v) is 13.1. The van der Waals surface area contributed by atoms with Crippen molar-refractivity contribution >= 4 is 133 Å². The van der Waals surface area contributed by atoms with Gasteiger partial charge in [-0.05, 0) is 87.4 Å². The first-order valence-electron chi connectivity index (χ1n) is 21.2. The molecule has 17 rings (SSSR count). The SMILES string of the molecule is c1ccc2c(c1)B1c3cc4c(cc3-n3c5ccccc5c5cc6c7ccccc7n-2c6c1c53)-n1c2ccccc2c2cc3c5ccccc5n5c3c(c21)B4c1ccccc1-5. The van der Waals surface area contributed by atoms with Gasteiger partial charge in [0.25, 0.3) is 13.4 Å². The fraction of sp³-hybridized carbons (Fsp3) is 0. The number of aromatic nitrogens is 4. The Morgan fingerprint density at radius 3 is 0.950 bits per heavy atom. The molecule has 0 atom stereocenters.